The van der Waals surface area contributed by atoms with Gasteiger partial charge >= 0.3 is 0 Å². The summed E-state index contributed by atoms with van der Waals surface area (Å²) in [6, 6.07) is 0. The van der Waals surface area contributed by atoms with Gasteiger partial charge in [-0.2, -0.15) is 0 Å². The molecule has 0 heterocycles. The van der Waals surface area contributed by atoms with Crippen LogP contribution in [0.3, 0.4) is 0 Å². The maximum Gasteiger partial charge on any atom is 0.151 e. The van der Waals surface area contributed by atoms with Gasteiger partial charge in [0.2, 0.25) is 0 Å². The largest absolute Gasteiger partial charge is 0.294 e. The van der Waals surface area contributed by atoms with Crippen LogP contribution in [0.25, 0.3) is 5.53 Å². The molecule has 20 valence electrons. The van der Waals surface area contributed by atoms with Gasteiger partial charge in [0, 0.05) is 21.7 Å². The Kier molecular flexibility index (Phi) is 26.5. The first-order chi connectivity index (χ1) is 1.41. The van der Waals surface area contributed by atoms with Crippen LogP contribution in [0.4, 0.5) is 0 Å². The minimum atomic E-state index is 0. The Morgan fingerprint density at radius 3 is 1.75 bits per heavy atom. The molecule has 0 saturated heterocycles. The van der Waals surface area contributed by atoms with Crippen molar-refractivity contribution in [3.63, 3.8) is 0 Å². The second-order valence-electron chi connectivity index (χ2n) is 0.0816. The molecule has 0 fully saturated rings. The van der Waals surface area contributed by atoms with Crippen LogP contribution in [0.1, 0.15) is 0 Å². The van der Waals surface area contributed by atoms with E-state index in [1.165, 1.54) is 4.97 Å². The van der Waals surface area contributed by atoms with Crippen LogP contribution >= 0.6 is 0 Å². The standard InChI is InChI=1S/N2O.Ti/c1-2-3;. The zero-order chi connectivity index (χ0) is 2.71. The van der Waals surface area contributed by atoms with Gasteiger partial charge in [-0.05, 0) is 0 Å². The van der Waals surface area contributed by atoms with Crippen LogP contribution in [0.5, 0.6) is 0 Å². The summed E-state index contributed by atoms with van der Waals surface area (Å²) in [5.41, 5.74) is 6.64. The van der Waals surface area contributed by atoms with Crippen molar-refractivity contribution in [3.8, 4) is 0 Å². The second kappa shape index (κ2) is 11.8. The molecule has 0 aromatic carbocycles. The van der Waals surface area contributed by atoms with Crippen molar-refractivity contribution in [2.75, 3.05) is 0 Å². The normalized spacial score (nSPS) is 2.00. The number of rotatable bonds is 0. The smallest absolute Gasteiger partial charge is 0.151 e. The van der Waals surface area contributed by atoms with Crippen molar-refractivity contribution in [3.05, 3.63) is 10.4 Å². The fourth-order valence-corrected chi connectivity index (χ4v) is 0. The average molecular weight is 91.9 g/mol. The van der Waals surface area contributed by atoms with E-state index < -0.39 is 0 Å². The molecule has 0 spiro atoms. The van der Waals surface area contributed by atoms with Crippen LogP contribution in [0, 0.1) is 4.91 Å². The first-order valence-electron chi connectivity index (χ1n) is 0.383. The predicted octanol–water partition coefficient (Wildman–Crippen LogP) is -0.161. The van der Waals surface area contributed by atoms with Gasteiger partial charge in [0.05, 0.1) is 0 Å². The van der Waals surface area contributed by atoms with Crippen molar-refractivity contribution in [2.24, 2.45) is 0 Å². The third-order valence-electron chi connectivity index (χ3n) is 0. The molecule has 4 heteroatoms. The zero-order valence-electron chi connectivity index (χ0n) is 1.80. The molecule has 0 aromatic rings. The van der Waals surface area contributed by atoms with Gasteiger partial charge in [-0.3, -0.25) is 5.53 Å². The Hall–Kier alpha value is 0.0243. The Balaban J connectivity index is 0. The summed E-state index contributed by atoms with van der Waals surface area (Å²) < 4.78 is 0. The molecule has 0 radical (unpaired) electrons. The van der Waals surface area contributed by atoms with Crippen LogP contribution in [-0.4, -0.2) is 0 Å². The number of hydrogen-bond donors (Lipinski definition) is 0. The molecule has 3 nitrogen and oxygen atoms in total. The fourth-order valence-electron chi connectivity index (χ4n) is 0. The summed E-state index contributed by atoms with van der Waals surface area (Å²) in [6.45, 7) is 0. The zero-order valence-corrected chi connectivity index (χ0v) is 3.36. The van der Waals surface area contributed by atoms with E-state index in [1.54, 1.807) is 0 Å². The molecule has 0 aromatic heterocycles. The van der Waals surface area contributed by atoms with E-state index in [-0.39, 0.29) is 21.7 Å². The molecule has 0 aliphatic carbocycles. The van der Waals surface area contributed by atoms with Crippen molar-refractivity contribution in [1.82, 2.24) is 4.97 Å². The first-order valence-corrected chi connectivity index (χ1v) is 0.383. The summed E-state index contributed by atoms with van der Waals surface area (Å²) in [4.78, 5) is 9.36. The first kappa shape index (κ1) is 8.98. The summed E-state index contributed by atoms with van der Waals surface area (Å²) >= 11 is 0. The molecule has 0 bridgehead atoms. The van der Waals surface area contributed by atoms with E-state index in [0.717, 1.165) is 0 Å². The molecule has 4 heavy (non-hydrogen) atoms. The van der Waals surface area contributed by atoms with E-state index >= 15 is 0 Å². The SMILES string of the molecule is [N-]=[N+]=O.[Ti]. The molecule has 0 rings (SSSR count). The van der Waals surface area contributed by atoms with E-state index in [0.29, 0.717) is 0 Å². The number of nitroso groups, excluding NO2 is 1. The summed E-state index contributed by atoms with van der Waals surface area (Å²) in [7, 11) is 0. The molecule has 0 N–H and O–H groups in total. The van der Waals surface area contributed by atoms with Crippen LogP contribution in [0.15, 0.2) is 0 Å². The van der Waals surface area contributed by atoms with Crippen LogP contribution in [-0.2, 0) is 21.7 Å². The van der Waals surface area contributed by atoms with Gasteiger partial charge in [-0.15, -0.1) is 0 Å². The van der Waals surface area contributed by atoms with Gasteiger partial charge in [-0.1, -0.05) is 0 Å². The van der Waals surface area contributed by atoms with Crippen molar-refractivity contribution in [2.45, 2.75) is 0 Å². The van der Waals surface area contributed by atoms with E-state index in [9.17, 15) is 0 Å². The van der Waals surface area contributed by atoms with Crippen molar-refractivity contribution < 1.29 is 21.7 Å². The Bertz CT molecular complexity index is 27.0. The molecule has 0 atom stereocenters. The van der Waals surface area contributed by atoms with Crippen LogP contribution in [0.2, 0.25) is 0 Å². The number of nitrogens with zero attached hydrogens (tertiary/aromatic N) is 2. The Labute approximate surface area is 37.8 Å². The molecule has 0 saturated carbocycles. The van der Waals surface area contributed by atoms with Gasteiger partial charge in [0.15, 0.2) is 4.91 Å². The topological polar surface area (TPSA) is 53.5 Å². The molecular weight excluding hydrogens is 91.9 g/mol. The summed E-state index contributed by atoms with van der Waals surface area (Å²) in [5, 5.41) is 0. The maximum absolute atomic E-state index is 8.11. The quantitative estimate of drug-likeness (QED) is 0.232. The van der Waals surface area contributed by atoms with Gasteiger partial charge < -0.3 is 0 Å². The molecule has 0 unspecified atom stereocenters. The average Bonchev–Trinajstić information content (AvgIpc) is 0.918. The van der Waals surface area contributed by atoms with E-state index in [1.807, 2.05) is 0 Å². The minimum Gasteiger partial charge on any atom is -0.294 e. The van der Waals surface area contributed by atoms with E-state index in [4.69, 9.17) is 10.4 Å². The maximum atomic E-state index is 8.11. The fraction of sp³-hybridized carbons (Fsp3) is 0. The third-order valence-corrected chi connectivity index (χ3v) is 0. The van der Waals surface area contributed by atoms with E-state index in [2.05, 4.69) is 0 Å². The molecule has 0 aliphatic rings. The molecule has 0 aliphatic heterocycles. The predicted molar refractivity (Wildman–Crippen MR) is 8.86 cm³/mol. The molecule has 0 amide bonds. The summed E-state index contributed by atoms with van der Waals surface area (Å²) in [5.74, 6) is 0. The van der Waals surface area contributed by atoms with Crippen LogP contribution < -0.4 is 4.97 Å². The third kappa shape index (κ3) is 3600. The molecular formula is N2OTi. The minimum absolute atomic E-state index is 0. The van der Waals surface area contributed by atoms with Gasteiger partial charge in [0.1, 0.15) is 4.97 Å². The number of hydrogen-bond acceptors (Lipinski definition) is 1. The van der Waals surface area contributed by atoms with Crippen molar-refractivity contribution in [1.29, 1.82) is 0 Å². The second-order valence-corrected chi connectivity index (χ2v) is 0.0816. The Morgan fingerprint density at radius 2 is 1.75 bits per heavy atom. The summed E-state index contributed by atoms with van der Waals surface area (Å²) in [6.07, 6.45) is 0. The van der Waals surface area contributed by atoms with Gasteiger partial charge in [0.25, 0.3) is 0 Å². The monoisotopic (exact) mass is 91.9 g/mol. The Morgan fingerprint density at radius 1 is 1.75 bits per heavy atom. The van der Waals surface area contributed by atoms with Crippen molar-refractivity contribution >= 4 is 0 Å². The van der Waals surface area contributed by atoms with Gasteiger partial charge in [-0.25, -0.2) is 0 Å².